The molecule has 2 fully saturated rings. The maximum Gasteiger partial charge on any atom is 0.392 e. The summed E-state index contributed by atoms with van der Waals surface area (Å²) in [6, 6.07) is 3.45. The van der Waals surface area contributed by atoms with Crippen molar-refractivity contribution in [3.05, 3.63) is 18.3 Å². The average Bonchev–Trinajstić information content (AvgIpc) is 2.62. The molecule has 2 unspecified atom stereocenters. The highest BCUT2D eigenvalue weighted by Gasteiger charge is 2.48. The minimum Gasteiger partial charge on any atom is -0.378 e. The summed E-state index contributed by atoms with van der Waals surface area (Å²) < 4.78 is 44.7. The number of carbonyl (C=O) groups excluding carboxylic acids is 1. The summed E-state index contributed by atoms with van der Waals surface area (Å²) in [7, 11) is 0. The van der Waals surface area contributed by atoms with E-state index in [4.69, 9.17) is 4.74 Å². The van der Waals surface area contributed by atoms with Crippen molar-refractivity contribution in [2.24, 2.45) is 11.8 Å². The molecule has 3 rings (SSSR count). The molecule has 1 aliphatic carbocycles. The summed E-state index contributed by atoms with van der Waals surface area (Å²) in [6.07, 6.45) is -1.37. The van der Waals surface area contributed by atoms with Crippen LogP contribution >= 0.6 is 0 Å². The molecule has 2 heterocycles. The van der Waals surface area contributed by atoms with Gasteiger partial charge < -0.3 is 15.0 Å². The molecule has 0 bridgehead atoms. The van der Waals surface area contributed by atoms with Gasteiger partial charge in [-0.25, -0.2) is 4.98 Å². The van der Waals surface area contributed by atoms with Gasteiger partial charge in [0, 0.05) is 19.0 Å². The van der Waals surface area contributed by atoms with Crippen LogP contribution in [0.25, 0.3) is 0 Å². The fourth-order valence-corrected chi connectivity index (χ4v) is 3.51. The van der Waals surface area contributed by atoms with Gasteiger partial charge in [0.1, 0.15) is 5.82 Å². The number of anilines is 2. The van der Waals surface area contributed by atoms with Crippen molar-refractivity contribution in [1.82, 2.24) is 4.98 Å². The van der Waals surface area contributed by atoms with E-state index in [1.54, 1.807) is 12.1 Å². The normalized spacial score (nSPS) is 24.8. The highest BCUT2D eigenvalue weighted by molar-refractivity contribution is 5.92. The lowest BCUT2D eigenvalue weighted by Crippen LogP contribution is -2.39. The van der Waals surface area contributed by atoms with Gasteiger partial charge in [0.05, 0.1) is 31.0 Å². The first-order valence-corrected chi connectivity index (χ1v) is 8.61. The van der Waals surface area contributed by atoms with Gasteiger partial charge in [0.15, 0.2) is 0 Å². The first kappa shape index (κ1) is 18.0. The van der Waals surface area contributed by atoms with E-state index < -0.39 is 23.9 Å². The molecule has 2 atom stereocenters. The number of nitrogens with one attached hydrogen (secondary N) is 1. The Morgan fingerprint density at radius 1 is 1.20 bits per heavy atom. The summed E-state index contributed by atoms with van der Waals surface area (Å²) in [4.78, 5) is 18.7. The van der Waals surface area contributed by atoms with E-state index in [0.29, 0.717) is 31.7 Å². The fourth-order valence-electron chi connectivity index (χ4n) is 3.51. The Bertz CT molecular complexity index is 586. The van der Waals surface area contributed by atoms with Crippen molar-refractivity contribution >= 4 is 17.4 Å². The molecule has 8 heteroatoms. The predicted molar refractivity (Wildman–Crippen MR) is 87.4 cm³/mol. The third kappa shape index (κ3) is 4.42. The molecular weight excluding hydrogens is 335 g/mol. The summed E-state index contributed by atoms with van der Waals surface area (Å²) in [5.74, 6) is -2.37. The lowest BCUT2D eigenvalue weighted by molar-refractivity contribution is -0.197. The number of hydrogen-bond acceptors (Lipinski definition) is 4. The molecule has 25 heavy (non-hydrogen) atoms. The second-order valence-corrected chi connectivity index (χ2v) is 6.53. The molecule has 0 spiro atoms. The summed E-state index contributed by atoms with van der Waals surface area (Å²) in [5, 5.41) is 2.60. The van der Waals surface area contributed by atoms with Crippen molar-refractivity contribution in [1.29, 1.82) is 0 Å². The number of alkyl halides is 3. The van der Waals surface area contributed by atoms with Gasteiger partial charge in [-0.2, -0.15) is 13.2 Å². The molecule has 2 aliphatic rings. The predicted octanol–water partition coefficient (Wildman–Crippen LogP) is 3.23. The molecule has 0 radical (unpaired) electrons. The van der Waals surface area contributed by atoms with E-state index >= 15 is 0 Å². The molecule has 5 nitrogen and oxygen atoms in total. The second kappa shape index (κ2) is 7.59. The van der Waals surface area contributed by atoms with E-state index in [-0.39, 0.29) is 12.8 Å². The highest BCUT2D eigenvalue weighted by Crippen LogP contribution is 2.41. The molecule has 1 aliphatic heterocycles. The van der Waals surface area contributed by atoms with Crippen LogP contribution in [-0.4, -0.2) is 43.4 Å². The largest absolute Gasteiger partial charge is 0.392 e. The van der Waals surface area contributed by atoms with Crippen molar-refractivity contribution in [3.63, 3.8) is 0 Å². The number of carbonyl (C=O) groups is 1. The number of halogens is 3. The van der Waals surface area contributed by atoms with Crippen LogP contribution in [0.3, 0.4) is 0 Å². The molecule has 1 saturated heterocycles. The van der Waals surface area contributed by atoms with E-state index in [1.165, 1.54) is 6.20 Å². The zero-order chi connectivity index (χ0) is 17.9. The first-order chi connectivity index (χ1) is 11.9. The number of pyridine rings is 1. The van der Waals surface area contributed by atoms with E-state index in [1.807, 2.05) is 0 Å². The maximum atomic E-state index is 13.1. The molecule has 138 valence electrons. The Morgan fingerprint density at radius 2 is 1.92 bits per heavy atom. The Balaban J connectivity index is 1.63. The van der Waals surface area contributed by atoms with Crippen LogP contribution in [-0.2, 0) is 9.53 Å². The quantitative estimate of drug-likeness (QED) is 0.902. The van der Waals surface area contributed by atoms with Crippen LogP contribution < -0.4 is 10.2 Å². The topological polar surface area (TPSA) is 54.5 Å². The van der Waals surface area contributed by atoms with E-state index in [9.17, 15) is 18.0 Å². The fraction of sp³-hybridized carbons (Fsp3) is 0.647. The molecule has 1 aromatic heterocycles. The highest BCUT2D eigenvalue weighted by atomic mass is 19.4. The molecule has 1 amide bonds. The SMILES string of the molecule is O=C(Nc1ccc(N2CCOCC2)nc1)C1CCCCC1C(F)(F)F. The maximum absolute atomic E-state index is 13.1. The molecule has 1 aromatic rings. The van der Waals surface area contributed by atoms with Gasteiger partial charge in [0.2, 0.25) is 5.91 Å². The van der Waals surface area contributed by atoms with Crippen molar-refractivity contribution in [2.45, 2.75) is 31.9 Å². The number of ether oxygens (including phenoxy) is 1. The van der Waals surface area contributed by atoms with Gasteiger partial charge in [-0.3, -0.25) is 4.79 Å². The van der Waals surface area contributed by atoms with Gasteiger partial charge >= 0.3 is 6.18 Å². The second-order valence-electron chi connectivity index (χ2n) is 6.53. The minimum absolute atomic E-state index is 0.0236. The van der Waals surface area contributed by atoms with E-state index in [0.717, 1.165) is 18.9 Å². The van der Waals surface area contributed by atoms with Gasteiger partial charge in [-0.05, 0) is 25.0 Å². The van der Waals surface area contributed by atoms with Crippen LogP contribution in [0, 0.1) is 11.8 Å². The number of hydrogen-bond donors (Lipinski definition) is 1. The lowest BCUT2D eigenvalue weighted by atomic mass is 9.78. The van der Waals surface area contributed by atoms with Crippen molar-refractivity contribution in [3.8, 4) is 0 Å². The Labute approximate surface area is 144 Å². The molecule has 1 saturated carbocycles. The Morgan fingerprint density at radius 3 is 2.56 bits per heavy atom. The van der Waals surface area contributed by atoms with Crippen molar-refractivity contribution < 1.29 is 22.7 Å². The molecule has 0 aromatic carbocycles. The average molecular weight is 357 g/mol. The van der Waals surface area contributed by atoms with Gasteiger partial charge in [0.25, 0.3) is 0 Å². The van der Waals surface area contributed by atoms with Crippen molar-refractivity contribution in [2.75, 3.05) is 36.5 Å². The molecular formula is C17H22F3N3O2. The molecule has 1 N–H and O–H groups in total. The van der Waals surface area contributed by atoms with Crippen LogP contribution in [0.1, 0.15) is 25.7 Å². The van der Waals surface area contributed by atoms with Crippen LogP contribution in [0.2, 0.25) is 0 Å². The number of nitrogens with zero attached hydrogens (tertiary/aromatic N) is 2. The van der Waals surface area contributed by atoms with Gasteiger partial charge in [-0.15, -0.1) is 0 Å². The van der Waals surface area contributed by atoms with Crippen LogP contribution in [0.4, 0.5) is 24.7 Å². The number of rotatable bonds is 3. The zero-order valence-corrected chi connectivity index (χ0v) is 13.9. The minimum atomic E-state index is -4.33. The van der Waals surface area contributed by atoms with Crippen LogP contribution in [0.15, 0.2) is 18.3 Å². The Hall–Kier alpha value is -1.83. The zero-order valence-electron chi connectivity index (χ0n) is 13.9. The number of morpholine rings is 1. The number of amides is 1. The summed E-state index contributed by atoms with van der Waals surface area (Å²) >= 11 is 0. The third-order valence-electron chi connectivity index (χ3n) is 4.87. The smallest absolute Gasteiger partial charge is 0.378 e. The van der Waals surface area contributed by atoms with Gasteiger partial charge in [-0.1, -0.05) is 12.8 Å². The monoisotopic (exact) mass is 357 g/mol. The summed E-state index contributed by atoms with van der Waals surface area (Å²) in [5.41, 5.74) is 0.425. The third-order valence-corrected chi connectivity index (χ3v) is 4.87. The number of aromatic nitrogens is 1. The first-order valence-electron chi connectivity index (χ1n) is 8.61. The lowest BCUT2D eigenvalue weighted by Gasteiger charge is -2.32. The summed E-state index contributed by atoms with van der Waals surface area (Å²) in [6.45, 7) is 2.77. The standard InChI is InChI=1S/C17H22F3N3O2/c18-17(19,20)14-4-2-1-3-13(14)16(24)22-12-5-6-15(21-11-12)23-7-9-25-10-8-23/h5-6,11,13-14H,1-4,7-10H2,(H,22,24). The Kier molecular flexibility index (Phi) is 5.46. The van der Waals surface area contributed by atoms with Crippen LogP contribution in [0.5, 0.6) is 0 Å². The van der Waals surface area contributed by atoms with E-state index in [2.05, 4.69) is 15.2 Å².